The van der Waals surface area contributed by atoms with Gasteiger partial charge in [-0.2, -0.15) is 0 Å². The molecule has 0 saturated heterocycles. The third-order valence-corrected chi connectivity index (χ3v) is 5.52. The van der Waals surface area contributed by atoms with E-state index in [0.717, 1.165) is 22.7 Å². The zero-order valence-corrected chi connectivity index (χ0v) is 16.0. The monoisotopic (exact) mass is 397 g/mol. The van der Waals surface area contributed by atoms with E-state index in [0.29, 0.717) is 24.0 Å². The molecule has 2 unspecified atom stereocenters. The van der Waals surface area contributed by atoms with Crippen LogP contribution < -0.4 is 4.90 Å². The molecule has 7 nitrogen and oxygen atoms in total. The number of methoxy groups -OCH3 is 1. The third kappa shape index (κ3) is 3.56. The highest BCUT2D eigenvalue weighted by molar-refractivity contribution is 7.18. The van der Waals surface area contributed by atoms with E-state index in [1.54, 1.807) is 13.4 Å². The normalized spacial score (nSPS) is 20.2. The van der Waals surface area contributed by atoms with Crippen LogP contribution in [0.3, 0.4) is 0 Å². The van der Waals surface area contributed by atoms with Gasteiger partial charge in [0, 0.05) is 12.7 Å². The number of aliphatic imine (C=N–C) groups is 1. The smallest absolute Gasteiger partial charge is 0.348 e. The number of anilines is 1. The molecule has 1 aliphatic heterocycles. The first kappa shape index (κ1) is 18.4. The number of aromatic carboxylic acids is 1. The van der Waals surface area contributed by atoms with Crippen molar-refractivity contribution in [1.29, 1.82) is 0 Å². The Bertz CT molecular complexity index is 952. The van der Waals surface area contributed by atoms with Crippen molar-refractivity contribution >= 4 is 28.8 Å². The van der Waals surface area contributed by atoms with Crippen LogP contribution in [0.2, 0.25) is 0 Å². The summed E-state index contributed by atoms with van der Waals surface area (Å²) in [6.45, 7) is 0.970. The van der Waals surface area contributed by atoms with Crippen molar-refractivity contribution < 1.29 is 19.4 Å². The number of allylic oxidation sites excluding steroid dienone is 1. The number of carboxylic acids is 1. The quantitative estimate of drug-likeness (QED) is 0.723. The van der Waals surface area contributed by atoms with E-state index in [1.807, 2.05) is 53.5 Å². The second-order valence-corrected chi connectivity index (χ2v) is 7.25. The summed E-state index contributed by atoms with van der Waals surface area (Å²) in [5.74, 6) is -0.245. The number of ether oxygens (including phenoxy) is 2. The molecule has 1 N–H and O–H groups in total. The maximum absolute atomic E-state index is 11.8. The van der Waals surface area contributed by atoms with Crippen molar-refractivity contribution in [1.82, 2.24) is 4.98 Å². The van der Waals surface area contributed by atoms with Gasteiger partial charge in [-0.15, -0.1) is 0 Å². The van der Waals surface area contributed by atoms with Gasteiger partial charge in [-0.1, -0.05) is 47.7 Å². The van der Waals surface area contributed by atoms with E-state index in [2.05, 4.69) is 9.98 Å². The number of aromatic nitrogens is 1. The number of hydrogen-bond donors (Lipinski definition) is 1. The minimum atomic E-state index is -0.988. The van der Waals surface area contributed by atoms with E-state index >= 15 is 0 Å². The topological polar surface area (TPSA) is 84.3 Å². The first-order valence-corrected chi connectivity index (χ1v) is 9.62. The number of benzene rings is 1. The Morgan fingerprint density at radius 2 is 2.11 bits per heavy atom. The summed E-state index contributed by atoms with van der Waals surface area (Å²) >= 11 is 1.15. The molecule has 0 saturated carbocycles. The summed E-state index contributed by atoms with van der Waals surface area (Å²) in [4.78, 5) is 23.0. The first-order chi connectivity index (χ1) is 13.7. The lowest BCUT2D eigenvalue weighted by molar-refractivity contribution is 0.0702. The average molecular weight is 397 g/mol. The molecule has 2 atom stereocenters. The maximum atomic E-state index is 11.8. The molecule has 144 valence electrons. The molecule has 8 heteroatoms. The zero-order chi connectivity index (χ0) is 19.5. The van der Waals surface area contributed by atoms with Gasteiger partial charge in [0.25, 0.3) is 0 Å². The van der Waals surface area contributed by atoms with Gasteiger partial charge in [-0.25, -0.2) is 9.78 Å². The van der Waals surface area contributed by atoms with E-state index in [1.165, 1.54) is 0 Å². The van der Waals surface area contributed by atoms with Gasteiger partial charge in [0.2, 0.25) is 0 Å². The highest BCUT2D eigenvalue weighted by Crippen LogP contribution is 2.36. The fraction of sp³-hybridized carbons (Fsp3) is 0.250. The predicted octanol–water partition coefficient (Wildman–Crippen LogP) is 3.21. The molecule has 4 rings (SSSR count). The third-order valence-electron chi connectivity index (χ3n) is 4.46. The van der Waals surface area contributed by atoms with Crippen molar-refractivity contribution in [2.45, 2.75) is 12.1 Å². The highest BCUT2D eigenvalue weighted by atomic mass is 32.1. The summed E-state index contributed by atoms with van der Waals surface area (Å²) in [6, 6.07) is 9.19. The Morgan fingerprint density at radius 1 is 1.29 bits per heavy atom. The van der Waals surface area contributed by atoms with E-state index in [9.17, 15) is 9.90 Å². The second-order valence-electron chi connectivity index (χ2n) is 6.27. The predicted molar refractivity (Wildman–Crippen MR) is 108 cm³/mol. The Hall–Kier alpha value is -2.97. The van der Waals surface area contributed by atoms with Gasteiger partial charge in [0.05, 0.1) is 30.7 Å². The molecule has 0 spiro atoms. The lowest BCUT2D eigenvalue weighted by Crippen LogP contribution is -2.35. The Labute approximate surface area is 166 Å². The summed E-state index contributed by atoms with van der Waals surface area (Å²) in [5.41, 5.74) is 1.25. The highest BCUT2D eigenvalue weighted by Gasteiger charge is 2.34. The lowest BCUT2D eigenvalue weighted by Gasteiger charge is -2.25. The molecule has 0 fully saturated rings. The van der Waals surface area contributed by atoms with Gasteiger partial charge in [-0.3, -0.25) is 9.89 Å². The fourth-order valence-electron chi connectivity index (χ4n) is 3.11. The largest absolute Gasteiger partial charge is 0.491 e. The lowest BCUT2D eigenvalue weighted by atomic mass is 10.0. The van der Waals surface area contributed by atoms with Crippen LogP contribution >= 0.6 is 11.3 Å². The standard InChI is InChI=1S/C20H19N3O4S/c1-26-9-10-27-14-7-8-15-16(11-14)23(12-21-15)20-22-17(18(28-20)19(24)25)13-5-3-2-4-6-13/h2-8,11-12,15-16H,9-10H2,1H3,(H,24,25). The van der Waals surface area contributed by atoms with Crippen LogP contribution in [0.4, 0.5) is 5.13 Å². The second kappa shape index (κ2) is 7.95. The summed E-state index contributed by atoms with van der Waals surface area (Å²) < 4.78 is 10.7. The van der Waals surface area contributed by atoms with Crippen LogP contribution in [-0.2, 0) is 9.47 Å². The van der Waals surface area contributed by atoms with Crippen molar-refractivity contribution in [3.8, 4) is 11.3 Å². The molecule has 0 radical (unpaired) electrons. The molecule has 1 aromatic carbocycles. The Morgan fingerprint density at radius 3 is 2.86 bits per heavy atom. The number of nitrogens with zero attached hydrogens (tertiary/aromatic N) is 3. The number of hydrogen-bond acceptors (Lipinski definition) is 7. The van der Waals surface area contributed by atoms with Crippen LogP contribution in [0.15, 0.2) is 59.3 Å². The van der Waals surface area contributed by atoms with Crippen LogP contribution in [0.1, 0.15) is 9.67 Å². The van der Waals surface area contributed by atoms with Gasteiger partial charge in [-0.05, 0) is 12.2 Å². The Balaban J connectivity index is 1.63. The van der Waals surface area contributed by atoms with Gasteiger partial charge >= 0.3 is 5.97 Å². The molecular formula is C20H19N3O4S. The molecule has 0 amide bonds. The van der Waals surface area contributed by atoms with E-state index in [-0.39, 0.29) is 17.0 Å². The zero-order valence-electron chi connectivity index (χ0n) is 15.2. The number of fused-ring (bicyclic) bond motifs is 1. The average Bonchev–Trinajstić information content (AvgIpc) is 3.33. The maximum Gasteiger partial charge on any atom is 0.348 e. The van der Waals surface area contributed by atoms with Crippen LogP contribution in [0.25, 0.3) is 11.3 Å². The van der Waals surface area contributed by atoms with Crippen molar-refractivity contribution in [2.75, 3.05) is 25.2 Å². The molecule has 2 aliphatic rings. The van der Waals surface area contributed by atoms with Crippen molar-refractivity contribution in [2.24, 2.45) is 4.99 Å². The molecular weight excluding hydrogens is 378 g/mol. The molecule has 1 aromatic heterocycles. The SMILES string of the molecule is COCCOC1=CC2C(C=C1)N=CN2c1nc(-c2ccccc2)c(C(=O)O)s1. The van der Waals surface area contributed by atoms with Crippen molar-refractivity contribution in [3.05, 3.63) is 59.2 Å². The van der Waals surface area contributed by atoms with Gasteiger partial charge in [0.1, 0.15) is 17.2 Å². The molecule has 1 aliphatic carbocycles. The number of carboxylic acid groups (broad SMARTS) is 1. The van der Waals surface area contributed by atoms with Crippen LogP contribution in [0, 0.1) is 0 Å². The van der Waals surface area contributed by atoms with Crippen molar-refractivity contribution in [3.63, 3.8) is 0 Å². The number of thiazole rings is 1. The fourth-order valence-corrected chi connectivity index (χ4v) is 4.05. The molecule has 2 heterocycles. The van der Waals surface area contributed by atoms with E-state index in [4.69, 9.17) is 9.47 Å². The Kier molecular flexibility index (Phi) is 5.23. The van der Waals surface area contributed by atoms with E-state index < -0.39 is 5.97 Å². The number of carbonyl (C=O) groups is 1. The van der Waals surface area contributed by atoms with Gasteiger partial charge in [0.15, 0.2) is 5.13 Å². The minimum Gasteiger partial charge on any atom is -0.491 e. The first-order valence-electron chi connectivity index (χ1n) is 8.80. The van der Waals surface area contributed by atoms with Crippen LogP contribution in [-0.4, -0.2) is 54.8 Å². The summed E-state index contributed by atoms with van der Waals surface area (Å²) in [6.07, 6.45) is 7.58. The molecule has 28 heavy (non-hydrogen) atoms. The van der Waals surface area contributed by atoms with Gasteiger partial charge < -0.3 is 14.6 Å². The summed E-state index contributed by atoms with van der Waals surface area (Å²) in [7, 11) is 1.63. The molecule has 0 bridgehead atoms. The summed E-state index contributed by atoms with van der Waals surface area (Å²) in [5, 5.41) is 10.2. The van der Waals surface area contributed by atoms with Crippen LogP contribution in [0.5, 0.6) is 0 Å². The number of rotatable bonds is 7. The molecule has 2 aromatic rings. The minimum absolute atomic E-state index is 0.0490.